The first kappa shape index (κ1) is 25.0. The molecular formula is C25H24Cl3N3O2S. The molecule has 3 aromatic carbocycles. The summed E-state index contributed by atoms with van der Waals surface area (Å²) in [5, 5.41) is 8.18. The first-order valence-corrected chi connectivity index (χ1v) is 13.3. The highest BCUT2D eigenvalue weighted by molar-refractivity contribution is 7.89. The minimum absolute atomic E-state index is 0.0842. The molecular weight excluding hydrogens is 513 g/mol. The summed E-state index contributed by atoms with van der Waals surface area (Å²) in [6.45, 7) is 5.65. The third-order valence-electron chi connectivity index (χ3n) is 5.72. The highest BCUT2D eigenvalue weighted by atomic mass is 35.5. The number of aryl methyl sites for hydroxylation is 3. The van der Waals surface area contributed by atoms with Crippen molar-refractivity contribution in [2.24, 2.45) is 5.10 Å². The van der Waals surface area contributed by atoms with Crippen LogP contribution in [0, 0.1) is 20.8 Å². The van der Waals surface area contributed by atoms with Crippen molar-refractivity contribution in [2.75, 3.05) is 11.6 Å². The van der Waals surface area contributed by atoms with Gasteiger partial charge in [0, 0.05) is 16.5 Å². The van der Waals surface area contributed by atoms with Gasteiger partial charge in [0.25, 0.3) is 0 Å². The number of hydrogen-bond acceptors (Lipinski definition) is 4. The Morgan fingerprint density at radius 2 is 1.56 bits per heavy atom. The predicted molar refractivity (Wildman–Crippen MR) is 141 cm³/mol. The normalized spacial score (nSPS) is 16.1. The minimum Gasteiger partial charge on any atom is -0.256 e. The zero-order valence-electron chi connectivity index (χ0n) is 18.9. The Balaban J connectivity index is 1.63. The van der Waals surface area contributed by atoms with Crippen LogP contribution in [0.4, 0.5) is 5.69 Å². The van der Waals surface area contributed by atoms with E-state index in [1.807, 2.05) is 68.2 Å². The SMILES string of the molecule is Cc1cc(C)c(S(=O)(=O)NCC2=NN(c3ccc(Cl)cc3Cl)[C@@H](c3ccc(Cl)cc3)C2)c(C)c1. The third kappa shape index (κ3) is 5.26. The second kappa shape index (κ2) is 9.88. The van der Waals surface area contributed by atoms with E-state index < -0.39 is 10.0 Å². The van der Waals surface area contributed by atoms with Gasteiger partial charge in [-0.05, 0) is 67.8 Å². The number of hydrazone groups is 1. The van der Waals surface area contributed by atoms with Crippen molar-refractivity contribution in [1.29, 1.82) is 0 Å². The number of halogens is 3. The van der Waals surface area contributed by atoms with Gasteiger partial charge < -0.3 is 0 Å². The molecule has 0 fully saturated rings. The summed E-state index contributed by atoms with van der Waals surface area (Å²) in [6, 6.07) is 16.3. The van der Waals surface area contributed by atoms with Gasteiger partial charge in [-0.3, -0.25) is 5.01 Å². The zero-order chi connectivity index (χ0) is 24.6. The fourth-order valence-corrected chi connectivity index (χ4v) is 6.44. The molecule has 0 aliphatic carbocycles. The second-order valence-corrected chi connectivity index (χ2v) is 11.4. The van der Waals surface area contributed by atoms with Crippen LogP contribution in [0.25, 0.3) is 0 Å². The van der Waals surface area contributed by atoms with Crippen molar-refractivity contribution < 1.29 is 8.42 Å². The van der Waals surface area contributed by atoms with Gasteiger partial charge in [-0.2, -0.15) is 5.10 Å². The van der Waals surface area contributed by atoms with E-state index >= 15 is 0 Å². The molecule has 178 valence electrons. The highest BCUT2D eigenvalue weighted by Crippen LogP contribution is 2.39. The number of benzene rings is 3. The lowest BCUT2D eigenvalue weighted by Crippen LogP contribution is -2.30. The van der Waals surface area contributed by atoms with Gasteiger partial charge in [0.15, 0.2) is 0 Å². The lowest BCUT2D eigenvalue weighted by molar-refractivity contribution is 0.585. The van der Waals surface area contributed by atoms with E-state index in [4.69, 9.17) is 39.9 Å². The molecule has 0 spiro atoms. The molecule has 1 aliphatic heterocycles. The van der Waals surface area contributed by atoms with Crippen molar-refractivity contribution in [3.63, 3.8) is 0 Å². The van der Waals surface area contributed by atoms with Crippen LogP contribution in [0.1, 0.15) is 34.7 Å². The molecule has 0 bridgehead atoms. The summed E-state index contributed by atoms with van der Waals surface area (Å²) in [7, 11) is -3.72. The number of hydrogen-bond donors (Lipinski definition) is 1. The standard InChI is InChI=1S/C25H24Cl3N3O2S/c1-15-10-16(2)25(17(3)11-15)34(32,33)29-14-21-13-24(18-4-6-19(26)7-5-18)31(30-21)23-9-8-20(27)12-22(23)28/h4-12,24,29H,13-14H2,1-3H3/t24-/m1/s1. The van der Waals surface area contributed by atoms with Gasteiger partial charge in [-0.1, -0.05) is 64.6 Å². The van der Waals surface area contributed by atoms with Crippen molar-refractivity contribution in [1.82, 2.24) is 4.72 Å². The van der Waals surface area contributed by atoms with Crippen LogP contribution in [0.2, 0.25) is 15.1 Å². The number of anilines is 1. The highest BCUT2D eigenvalue weighted by Gasteiger charge is 2.31. The van der Waals surface area contributed by atoms with Crippen molar-refractivity contribution in [3.8, 4) is 0 Å². The van der Waals surface area contributed by atoms with Crippen LogP contribution >= 0.6 is 34.8 Å². The Kier molecular flexibility index (Phi) is 7.27. The Morgan fingerprint density at radius 1 is 0.941 bits per heavy atom. The Bertz CT molecular complexity index is 1350. The summed E-state index contributed by atoms with van der Waals surface area (Å²) >= 11 is 18.7. The molecule has 34 heavy (non-hydrogen) atoms. The van der Waals surface area contributed by atoms with Crippen LogP contribution in [0.3, 0.4) is 0 Å². The van der Waals surface area contributed by atoms with Gasteiger partial charge in [0.2, 0.25) is 10.0 Å². The van der Waals surface area contributed by atoms with Gasteiger partial charge in [0.1, 0.15) is 0 Å². The van der Waals surface area contributed by atoms with Crippen LogP contribution in [0.15, 0.2) is 64.6 Å². The topological polar surface area (TPSA) is 61.8 Å². The zero-order valence-corrected chi connectivity index (χ0v) is 22.0. The monoisotopic (exact) mass is 535 g/mol. The van der Waals surface area contributed by atoms with E-state index in [0.717, 1.165) is 11.1 Å². The Labute approximate surface area is 215 Å². The molecule has 1 atom stereocenters. The summed E-state index contributed by atoms with van der Waals surface area (Å²) in [4.78, 5) is 0.309. The Hall–Kier alpha value is -2.09. The molecule has 0 amide bonds. The maximum atomic E-state index is 13.1. The maximum absolute atomic E-state index is 13.1. The summed E-state index contributed by atoms with van der Waals surface area (Å²) in [5.41, 5.74) is 4.82. The second-order valence-electron chi connectivity index (χ2n) is 8.43. The molecule has 1 aliphatic rings. The van der Waals surface area contributed by atoms with Crippen LogP contribution in [-0.2, 0) is 10.0 Å². The molecule has 0 saturated carbocycles. The Morgan fingerprint density at radius 3 is 2.18 bits per heavy atom. The van der Waals surface area contributed by atoms with Crippen LogP contribution in [0.5, 0.6) is 0 Å². The average molecular weight is 537 g/mol. The first-order valence-electron chi connectivity index (χ1n) is 10.7. The van der Waals surface area contributed by atoms with Gasteiger partial charge in [-0.15, -0.1) is 0 Å². The van der Waals surface area contributed by atoms with E-state index in [1.54, 1.807) is 12.1 Å². The van der Waals surface area contributed by atoms with E-state index in [0.29, 0.717) is 48.9 Å². The number of nitrogens with one attached hydrogen (secondary N) is 1. The van der Waals surface area contributed by atoms with E-state index in [2.05, 4.69) is 4.72 Å². The molecule has 3 aromatic rings. The van der Waals surface area contributed by atoms with E-state index in [1.165, 1.54) is 0 Å². The molecule has 0 radical (unpaired) electrons. The molecule has 4 rings (SSSR count). The molecule has 9 heteroatoms. The third-order valence-corrected chi connectivity index (χ3v) is 8.22. The van der Waals surface area contributed by atoms with Crippen LogP contribution < -0.4 is 9.73 Å². The number of rotatable bonds is 6. The number of sulfonamides is 1. The quantitative estimate of drug-likeness (QED) is 0.374. The lowest BCUT2D eigenvalue weighted by atomic mass is 10.0. The fourth-order valence-electron chi connectivity index (χ4n) is 4.35. The summed E-state index contributed by atoms with van der Waals surface area (Å²) in [6.07, 6.45) is 0.523. The fraction of sp³-hybridized carbons (Fsp3) is 0.240. The predicted octanol–water partition coefficient (Wildman–Crippen LogP) is 6.86. The maximum Gasteiger partial charge on any atom is 0.241 e. The van der Waals surface area contributed by atoms with Gasteiger partial charge in [0.05, 0.1) is 33.9 Å². The largest absolute Gasteiger partial charge is 0.256 e. The molecule has 5 nitrogen and oxygen atoms in total. The number of nitrogens with zero attached hydrogens (tertiary/aromatic N) is 2. The van der Waals surface area contributed by atoms with Crippen molar-refractivity contribution >= 4 is 56.2 Å². The molecule has 0 aromatic heterocycles. The van der Waals surface area contributed by atoms with Gasteiger partial charge in [-0.25, -0.2) is 13.1 Å². The minimum atomic E-state index is -3.72. The molecule has 1 heterocycles. The first-order chi connectivity index (χ1) is 16.0. The molecule has 0 unspecified atom stereocenters. The average Bonchev–Trinajstić information content (AvgIpc) is 3.16. The molecule has 1 N–H and O–H groups in total. The smallest absolute Gasteiger partial charge is 0.241 e. The summed E-state index contributed by atoms with van der Waals surface area (Å²) in [5.74, 6) is 0. The lowest BCUT2D eigenvalue weighted by Gasteiger charge is -2.25. The molecule has 0 saturated heterocycles. The summed E-state index contributed by atoms with van der Waals surface area (Å²) < 4.78 is 29.0. The van der Waals surface area contributed by atoms with Crippen LogP contribution in [-0.4, -0.2) is 20.7 Å². The van der Waals surface area contributed by atoms with E-state index in [9.17, 15) is 8.42 Å². The van der Waals surface area contributed by atoms with Crippen molar-refractivity contribution in [3.05, 3.63) is 91.9 Å². The van der Waals surface area contributed by atoms with Gasteiger partial charge >= 0.3 is 0 Å². The van der Waals surface area contributed by atoms with E-state index in [-0.39, 0.29) is 12.6 Å². The van der Waals surface area contributed by atoms with Crippen molar-refractivity contribution in [2.45, 2.75) is 38.1 Å².